The van der Waals surface area contributed by atoms with Crippen molar-refractivity contribution < 1.29 is 9.90 Å². The molecule has 1 aliphatic heterocycles. The molecule has 3 N–H and O–H groups in total. The van der Waals surface area contributed by atoms with Gasteiger partial charge in [-0.25, -0.2) is 4.79 Å². The molecule has 0 unspecified atom stereocenters. The fourth-order valence-corrected chi connectivity index (χ4v) is 2.39. The summed E-state index contributed by atoms with van der Waals surface area (Å²) in [6.45, 7) is 1.70. The van der Waals surface area contributed by atoms with Gasteiger partial charge in [0.25, 0.3) is 0 Å². The third-order valence-corrected chi connectivity index (χ3v) is 3.03. The van der Waals surface area contributed by atoms with Gasteiger partial charge in [-0.3, -0.25) is 0 Å². The van der Waals surface area contributed by atoms with Crippen LogP contribution in [0.4, 0.5) is 11.4 Å². The lowest BCUT2D eigenvalue weighted by Gasteiger charge is -2.21. The molecule has 0 saturated carbocycles. The van der Waals surface area contributed by atoms with Crippen molar-refractivity contribution in [3.63, 3.8) is 0 Å². The summed E-state index contributed by atoms with van der Waals surface area (Å²) in [4.78, 5) is 13.1. The first-order valence-corrected chi connectivity index (χ1v) is 5.54. The van der Waals surface area contributed by atoms with E-state index in [1.807, 2.05) is 4.90 Å². The van der Waals surface area contributed by atoms with E-state index in [-0.39, 0.29) is 5.56 Å². The molecule has 1 aromatic rings. The predicted molar refractivity (Wildman–Crippen MR) is 64.3 cm³/mol. The average Bonchev–Trinajstić information content (AvgIpc) is 2.69. The summed E-state index contributed by atoms with van der Waals surface area (Å²) in [5.41, 5.74) is 6.76. The van der Waals surface area contributed by atoms with Gasteiger partial charge in [0.2, 0.25) is 0 Å². The number of carboxylic acids is 1. The van der Waals surface area contributed by atoms with Crippen LogP contribution in [0.5, 0.6) is 0 Å². The molecule has 5 heteroatoms. The largest absolute Gasteiger partial charge is 0.478 e. The minimum absolute atomic E-state index is 0.187. The molecular weight excluding hydrogens is 228 g/mol. The van der Waals surface area contributed by atoms with Crippen molar-refractivity contribution in [2.24, 2.45) is 0 Å². The SMILES string of the molecule is Nc1cc(Cl)c(N2CCCC2)c(C(=O)O)c1. The van der Waals surface area contributed by atoms with E-state index in [9.17, 15) is 4.79 Å². The first-order valence-electron chi connectivity index (χ1n) is 5.17. The summed E-state index contributed by atoms with van der Waals surface area (Å²) in [6.07, 6.45) is 2.14. The topological polar surface area (TPSA) is 66.6 Å². The van der Waals surface area contributed by atoms with Gasteiger partial charge in [0.15, 0.2) is 0 Å². The van der Waals surface area contributed by atoms with Crippen molar-refractivity contribution in [1.82, 2.24) is 0 Å². The Balaban J connectivity index is 2.52. The summed E-state index contributed by atoms with van der Waals surface area (Å²) in [5.74, 6) is -0.990. The fraction of sp³-hybridized carbons (Fsp3) is 0.364. The van der Waals surface area contributed by atoms with Crippen LogP contribution in [0.25, 0.3) is 0 Å². The highest BCUT2D eigenvalue weighted by molar-refractivity contribution is 6.34. The molecule has 0 bridgehead atoms. The lowest BCUT2D eigenvalue weighted by atomic mass is 10.1. The fourth-order valence-electron chi connectivity index (χ4n) is 2.05. The minimum Gasteiger partial charge on any atom is -0.478 e. The number of rotatable bonds is 2. The normalized spacial score (nSPS) is 15.4. The highest BCUT2D eigenvalue weighted by atomic mass is 35.5. The van der Waals surface area contributed by atoms with E-state index >= 15 is 0 Å². The summed E-state index contributed by atoms with van der Waals surface area (Å²) >= 11 is 6.07. The van der Waals surface area contributed by atoms with Gasteiger partial charge in [-0.2, -0.15) is 0 Å². The number of benzene rings is 1. The number of carboxylic acid groups (broad SMARTS) is 1. The van der Waals surface area contributed by atoms with Gasteiger partial charge in [0.05, 0.1) is 16.3 Å². The van der Waals surface area contributed by atoms with Gasteiger partial charge in [0.1, 0.15) is 0 Å². The van der Waals surface area contributed by atoms with E-state index in [1.165, 1.54) is 6.07 Å². The Bertz CT molecular complexity index is 428. The maximum Gasteiger partial charge on any atom is 0.337 e. The number of nitrogen functional groups attached to an aromatic ring is 1. The van der Waals surface area contributed by atoms with Gasteiger partial charge in [-0.1, -0.05) is 11.6 Å². The number of anilines is 2. The molecule has 16 heavy (non-hydrogen) atoms. The molecule has 0 aromatic heterocycles. The highest BCUT2D eigenvalue weighted by Gasteiger charge is 2.22. The predicted octanol–water partition coefficient (Wildman–Crippen LogP) is 2.22. The second kappa shape index (κ2) is 4.22. The molecule has 1 aromatic carbocycles. The van der Waals surface area contributed by atoms with Gasteiger partial charge >= 0.3 is 5.97 Å². The van der Waals surface area contributed by atoms with Crippen LogP contribution in [0.2, 0.25) is 5.02 Å². The number of hydrogen-bond donors (Lipinski definition) is 2. The van der Waals surface area contributed by atoms with Gasteiger partial charge in [0, 0.05) is 18.8 Å². The van der Waals surface area contributed by atoms with Crippen molar-refractivity contribution in [2.45, 2.75) is 12.8 Å². The monoisotopic (exact) mass is 240 g/mol. The average molecular weight is 241 g/mol. The van der Waals surface area contributed by atoms with E-state index in [0.717, 1.165) is 25.9 Å². The van der Waals surface area contributed by atoms with Crippen LogP contribution in [-0.2, 0) is 0 Å². The molecule has 1 fully saturated rings. The Kier molecular flexibility index (Phi) is 2.92. The maximum atomic E-state index is 11.1. The molecule has 2 rings (SSSR count). The molecule has 1 heterocycles. The zero-order valence-electron chi connectivity index (χ0n) is 8.74. The first kappa shape index (κ1) is 11.1. The molecule has 0 spiro atoms. The molecule has 0 aliphatic carbocycles. The highest BCUT2D eigenvalue weighted by Crippen LogP contribution is 2.34. The third kappa shape index (κ3) is 1.93. The Hall–Kier alpha value is -1.42. The van der Waals surface area contributed by atoms with Crippen molar-refractivity contribution in [2.75, 3.05) is 23.7 Å². The van der Waals surface area contributed by atoms with Crippen LogP contribution in [0.1, 0.15) is 23.2 Å². The smallest absolute Gasteiger partial charge is 0.337 e. The van der Waals surface area contributed by atoms with Crippen LogP contribution in [-0.4, -0.2) is 24.2 Å². The second-order valence-electron chi connectivity index (χ2n) is 3.90. The van der Waals surface area contributed by atoms with Crippen LogP contribution < -0.4 is 10.6 Å². The minimum atomic E-state index is -0.990. The zero-order chi connectivity index (χ0) is 11.7. The van der Waals surface area contributed by atoms with Gasteiger partial charge < -0.3 is 15.7 Å². The standard InChI is InChI=1S/C11H13ClN2O2/c12-9-6-7(13)5-8(11(15)16)10(9)14-3-1-2-4-14/h5-6H,1-4,13H2,(H,15,16). The Labute approximate surface area is 98.6 Å². The molecule has 1 saturated heterocycles. The molecule has 0 radical (unpaired) electrons. The summed E-state index contributed by atoms with van der Waals surface area (Å²) < 4.78 is 0. The molecule has 4 nitrogen and oxygen atoms in total. The lowest BCUT2D eigenvalue weighted by molar-refractivity contribution is 0.0697. The maximum absolute atomic E-state index is 11.1. The van der Waals surface area contributed by atoms with E-state index < -0.39 is 5.97 Å². The second-order valence-corrected chi connectivity index (χ2v) is 4.31. The first-order chi connectivity index (χ1) is 7.59. The number of carbonyl (C=O) groups is 1. The van der Waals surface area contributed by atoms with E-state index in [1.54, 1.807) is 6.07 Å². The Morgan fingerprint density at radius 1 is 1.38 bits per heavy atom. The molecule has 0 amide bonds. The Morgan fingerprint density at radius 3 is 2.56 bits per heavy atom. The molecule has 86 valence electrons. The van der Waals surface area contributed by atoms with Crippen LogP contribution in [0, 0.1) is 0 Å². The van der Waals surface area contributed by atoms with Crippen molar-refractivity contribution in [1.29, 1.82) is 0 Å². The van der Waals surface area contributed by atoms with Crippen molar-refractivity contribution in [3.8, 4) is 0 Å². The Morgan fingerprint density at radius 2 is 2.00 bits per heavy atom. The van der Waals surface area contributed by atoms with Crippen LogP contribution in [0.15, 0.2) is 12.1 Å². The van der Waals surface area contributed by atoms with Crippen LogP contribution >= 0.6 is 11.6 Å². The van der Waals surface area contributed by atoms with Gasteiger partial charge in [-0.15, -0.1) is 0 Å². The summed E-state index contributed by atoms with van der Waals surface area (Å²) in [7, 11) is 0. The number of halogens is 1. The number of nitrogens with two attached hydrogens (primary N) is 1. The van der Waals surface area contributed by atoms with E-state index in [4.69, 9.17) is 22.4 Å². The molecular formula is C11H13ClN2O2. The van der Waals surface area contributed by atoms with Crippen LogP contribution in [0.3, 0.4) is 0 Å². The lowest BCUT2D eigenvalue weighted by Crippen LogP contribution is -2.21. The number of aromatic carboxylic acids is 1. The summed E-state index contributed by atoms with van der Waals surface area (Å²) in [6, 6.07) is 3.06. The third-order valence-electron chi connectivity index (χ3n) is 2.74. The summed E-state index contributed by atoms with van der Waals surface area (Å²) in [5, 5.41) is 9.55. The van der Waals surface area contributed by atoms with Gasteiger partial charge in [-0.05, 0) is 25.0 Å². The van der Waals surface area contributed by atoms with Crippen molar-refractivity contribution >= 4 is 28.9 Å². The number of nitrogens with zero attached hydrogens (tertiary/aromatic N) is 1. The molecule has 0 atom stereocenters. The molecule has 1 aliphatic rings. The van der Waals surface area contributed by atoms with Crippen molar-refractivity contribution in [3.05, 3.63) is 22.7 Å². The van der Waals surface area contributed by atoms with E-state index in [0.29, 0.717) is 16.4 Å². The number of hydrogen-bond acceptors (Lipinski definition) is 3. The zero-order valence-corrected chi connectivity index (χ0v) is 9.50. The van der Waals surface area contributed by atoms with E-state index in [2.05, 4.69) is 0 Å². The quantitative estimate of drug-likeness (QED) is 0.778.